The zero-order valence-electron chi connectivity index (χ0n) is 15.5. The molecule has 0 bridgehead atoms. The number of hydrogen-bond acceptors (Lipinski definition) is 8. The zero-order valence-corrected chi connectivity index (χ0v) is 17.1. The molecule has 0 fully saturated rings. The van der Waals surface area contributed by atoms with E-state index in [1.807, 2.05) is 42.1 Å². The van der Waals surface area contributed by atoms with Crippen molar-refractivity contribution in [3.63, 3.8) is 0 Å². The first-order chi connectivity index (χ1) is 13.7. The quantitative estimate of drug-likeness (QED) is 0.249. The third-order valence-corrected chi connectivity index (χ3v) is 6.17. The minimum atomic E-state index is 0.197. The van der Waals surface area contributed by atoms with Crippen molar-refractivity contribution in [2.45, 2.75) is 24.8 Å². The molecule has 6 nitrogen and oxygen atoms in total. The van der Waals surface area contributed by atoms with Gasteiger partial charge in [-0.05, 0) is 12.2 Å². The van der Waals surface area contributed by atoms with Gasteiger partial charge in [-0.3, -0.25) is 0 Å². The summed E-state index contributed by atoms with van der Waals surface area (Å²) < 4.78 is 0. The van der Waals surface area contributed by atoms with Gasteiger partial charge in [-0.2, -0.15) is 17.0 Å². The predicted octanol–water partition coefficient (Wildman–Crippen LogP) is 4.64. The molecule has 3 aromatic rings. The molecule has 3 rings (SSSR count). The number of anilines is 1. The van der Waals surface area contributed by atoms with Crippen LogP contribution in [0.25, 0.3) is 22.6 Å². The molecule has 0 atom stereocenters. The number of nitrogens with two attached hydrogens (primary N) is 1. The molecule has 28 heavy (non-hydrogen) atoms. The summed E-state index contributed by atoms with van der Waals surface area (Å²) in [6, 6.07) is 12.0. The Balaban J connectivity index is 2.02. The molecule has 0 saturated carbocycles. The highest BCUT2D eigenvalue weighted by Gasteiger charge is 2.17. The summed E-state index contributed by atoms with van der Waals surface area (Å²) in [7, 11) is 0. The lowest BCUT2D eigenvalue weighted by molar-refractivity contribution is 0.897. The second kappa shape index (κ2) is 10.1. The molecular weight excluding hydrogens is 388 g/mol. The van der Waals surface area contributed by atoms with Crippen LogP contribution in [0.3, 0.4) is 0 Å². The van der Waals surface area contributed by atoms with E-state index in [4.69, 9.17) is 5.73 Å². The van der Waals surface area contributed by atoms with Crippen molar-refractivity contribution in [2.75, 3.05) is 16.6 Å². The maximum absolute atomic E-state index is 9.81. The summed E-state index contributed by atoms with van der Waals surface area (Å²) in [4.78, 5) is 17.4. The number of nitrogens with zero attached hydrogens (tertiary/aromatic N) is 5. The van der Waals surface area contributed by atoms with Gasteiger partial charge in [0.15, 0.2) is 5.82 Å². The van der Waals surface area contributed by atoms with Crippen LogP contribution in [0.5, 0.6) is 0 Å². The Morgan fingerprint density at radius 2 is 1.82 bits per heavy atom. The standard InChI is InChI=1S/C20H20N6S2/c1-2-3-9-27-13-28-19-16(10-21)17(14-7-5-4-6-8-14)25-18(26-19)15-11-23-20(22)24-12-15/h4-8,11-12H,2-3,9,13H2,1H3,(H2,22,23,24). The molecule has 2 heterocycles. The third-order valence-electron chi connectivity index (χ3n) is 3.89. The first-order valence-electron chi connectivity index (χ1n) is 8.89. The van der Waals surface area contributed by atoms with Crippen molar-refractivity contribution in [2.24, 2.45) is 0 Å². The molecule has 0 unspecified atom stereocenters. The van der Waals surface area contributed by atoms with Crippen LogP contribution >= 0.6 is 23.5 Å². The molecule has 0 aliphatic carbocycles. The number of benzene rings is 1. The van der Waals surface area contributed by atoms with Crippen LogP contribution in [0.2, 0.25) is 0 Å². The normalized spacial score (nSPS) is 10.6. The van der Waals surface area contributed by atoms with Gasteiger partial charge in [0.25, 0.3) is 0 Å². The summed E-state index contributed by atoms with van der Waals surface area (Å²) in [6.45, 7) is 2.18. The van der Waals surface area contributed by atoms with Crippen LogP contribution in [-0.2, 0) is 0 Å². The van der Waals surface area contributed by atoms with E-state index in [0.29, 0.717) is 27.7 Å². The summed E-state index contributed by atoms with van der Waals surface area (Å²) in [5, 5.41) is 11.3. The van der Waals surface area contributed by atoms with E-state index in [9.17, 15) is 5.26 Å². The monoisotopic (exact) mass is 408 g/mol. The molecule has 0 radical (unpaired) electrons. The van der Waals surface area contributed by atoms with E-state index in [-0.39, 0.29) is 5.95 Å². The minimum Gasteiger partial charge on any atom is -0.368 e. The summed E-state index contributed by atoms with van der Waals surface area (Å²) in [6.07, 6.45) is 5.56. The van der Waals surface area contributed by atoms with E-state index in [2.05, 4.69) is 32.9 Å². The molecule has 2 aromatic heterocycles. The van der Waals surface area contributed by atoms with Gasteiger partial charge in [0.1, 0.15) is 16.7 Å². The van der Waals surface area contributed by atoms with E-state index in [1.54, 1.807) is 24.2 Å². The molecule has 0 aliphatic heterocycles. The SMILES string of the molecule is CCCCSCSc1nc(-c2cnc(N)nc2)nc(-c2ccccc2)c1C#N. The Morgan fingerprint density at radius 3 is 2.50 bits per heavy atom. The number of unbranched alkanes of at least 4 members (excludes halogenated alkanes) is 1. The average molecular weight is 409 g/mol. The molecule has 2 N–H and O–H groups in total. The second-order valence-electron chi connectivity index (χ2n) is 5.91. The van der Waals surface area contributed by atoms with Crippen molar-refractivity contribution in [3.05, 3.63) is 48.3 Å². The van der Waals surface area contributed by atoms with Crippen LogP contribution in [-0.4, -0.2) is 30.8 Å². The van der Waals surface area contributed by atoms with Crippen LogP contribution in [0.4, 0.5) is 5.95 Å². The van der Waals surface area contributed by atoms with Gasteiger partial charge < -0.3 is 5.73 Å². The van der Waals surface area contributed by atoms with Gasteiger partial charge in [-0.1, -0.05) is 55.4 Å². The maximum atomic E-state index is 9.81. The molecule has 142 valence electrons. The topological polar surface area (TPSA) is 101 Å². The fourth-order valence-electron chi connectivity index (χ4n) is 2.44. The van der Waals surface area contributed by atoms with Gasteiger partial charge >= 0.3 is 0 Å². The molecular formula is C20H20N6S2. The Labute approximate surface area is 173 Å². The van der Waals surface area contributed by atoms with E-state index < -0.39 is 0 Å². The van der Waals surface area contributed by atoms with Crippen LogP contribution in [0.15, 0.2) is 47.8 Å². The largest absolute Gasteiger partial charge is 0.368 e. The highest BCUT2D eigenvalue weighted by atomic mass is 32.2. The van der Waals surface area contributed by atoms with Crippen LogP contribution in [0, 0.1) is 11.3 Å². The Hall–Kier alpha value is -2.63. The number of rotatable bonds is 8. The Kier molecular flexibility index (Phi) is 7.23. The zero-order chi connectivity index (χ0) is 19.8. The Morgan fingerprint density at radius 1 is 1.07 bits per heavy atom. The third kappa shape index (κ3) is 5.00. The van der Waals surface area contributed by atoms with Gasteiger partial charge in [0, 0.05) is 23.0 Å². The fourth-order valence-corrected chi connectivity index (χ4v) is 4.62. The van der Waals surface area contributed by atoms with Crippen LogP contribution in [0.1, 0.15) is 25.3 Å². The van der Waals surface area contributed by atoms with Crippen molar-refractivity contribution in [1.82, 2.24) is 19.9 Å². The molecule has 8 heteroatoms. The smallest absolute Gasteiger partial charge is 0.219 e. The van der Waals surface area contributed by atoms with E-state index in [1.165, 1.54) is 12.8 Å². The van der Waals surface area contributed by atoms with E-state index >= 15 is 0 Å². The number of hydrogen-bond donors (Lipinski definition) is 1. The summed E-state index contributed by atoms with van der Waals surface area (Å²) in [5.41, 5.74) is 8.24. The Bertz CT molecular complexity index is 955. The van der Waals surface area contributed by atoms with Crippen molar-refractivity contribution >= 4 is 29.5 Å². The summed E-state index contributed by atoms with van der Waals surface area (Å²) in [5.74, 6) is 1.78. The number of nitrogen functional groups attached to an aromatic ring is 1. The van der Waals surface area contributed by atoms with Gasteiger partial charge in [0.2, 0.25) is 5.95 Å². The molecule has 0 saturated heterocycles. The van der Waals surface area contributed by atoms with Crippen molar-refractivity contribution in [3.8, 4) is 28.7 Å². The van der Waals surface area contributed by atoms with Crippen molar-refractivity contribution < 1.29 is 0 Å². The highest BCUT2D eigenvalue weighted by molar-refractivity contribution is 8.15. The first-order valence-corrected chi connectivity index (χ1v) is 11.0. The van der Waals surface area contributed by atoms with Gasteiger partial charge in [-0.15, -0.1) is 0 Å². The van der Waals surface area contributed by atoms with Crippen LogP contribution < -0.4 is 5.73 Å². The number of thioether (sulfide) groups is 2. The van der Waals surface area contributed by atoms with Gasteiger partial charge in [-0.25, -0.2) is 19.9 Å². The van der Waals surface area contributed by atoms with E-state index in [0.717, 1.165) is 16.4 Å². The lowest BCUT2D eigenvalue weighted by atomic mass is 10.1. The number of nitriles is 1. The molecule has 0 amide bonds. The lowest BCUT2D eigenvalue weighted by Gasteiger charge is -2.11. The number of aromatic nitrogens is 4. The predicted molar refractivity (Wildman–Crippen MR) is 116 cm³/mol. The molecule has 0 spiro atoms. The minimum absolute atomic E-state index is 0.197. The fraction of sp³-hybridized carbons (Fsp3) is 0.250. The maximum Gasteiger partial charge on any atom is 0.219 e. The average Bonchev–Trinajstić information content (AvgIpc) is 2.74. The molecule has 0 aliphatic rings. The molecule has 1 aromatic carbocycles. The highest BCUT2D eigenvalue weighted by Crippen LogP contribution is 2.32. The lowest BCUT2D eigenvalue weighted by Crippen LogP contribution is -2.02. The van der Waals surface area contributed by atoms with Gasteiger partial charge in [0.05, 0.1) is 11.3 Å². The van der Waals surface area contributed by atoms with Crippen molar-refractivity contribution in [1.29, 1.82) is 5.26 Å². The second-order valence-corrected chi connectivity index (χ2v) is 8.34. The summed E-state index contributed by atoms with van der Waals surface area (Å²) >= 11 is 3.42. The first kappa shape index (κ1) is 20.1.